The minimum atomic E-state index is -1.29. The van der Waals surface area contributed by atoms with E-state index < -0.39 is 28.9 Å². The number of benzene rings is 3. The van der Waals surface area contributed by atoms with Gasteiger partial charge in [0, 0.05) is 42.1 Å². The quantitative estimate of drug-likeness (QED) is 0.168. The number of likely N-dealkylation sites (N-methyl/N-ethyl adjacent to an activating group) is 1. The first-order valence-corrected chi connectivity index (χ1v) is 16.1. The Kier molecular flexibility index (Phi) is 9.90. The third kappa shape index (κ3) is 7.72. The van der Waals surface area contributed by atoms with Crippen LogP contribution in [0.1, 0.15) is 25.7 Å². The smallest absolute Gasteiger partial charge is 0.240 e. The molecule has 0 bridgehead atoms. The van der Waals surface area contributed by atoms with E-state index >= 15 is 4.39 Å². The molecule has 0 radical (unpaired) electrons. The van der Waals surface area contributed by atoms with Crippen LogP contribution in [0.5, 0.6) is 23.0 Å². The molecule has 3 amide bonds. The van der Waals surface area contributed by atoms with Crippen LogP contribution in [-0.2, 0) is 14.4 Å². The lowest BCUT2D eigenvalue weighted by Gasteiger charge is -2.31. The van der Waals surface area contributed by atoms with Crippen molar-refractivity contribution in [1.82, 2.24) is 15.2 Å². The van der Waals surface area contributed by atoms with Gasteiger partial charge in [0.15, 0.2) is 23.1 Å². The Balaban J connectivity index is 1.09. The van der Waals surface area contributed by atoms with E-state index in [-0.39, 0.29) is 17.3 Å². The topological polar surface area (TPSA) is 131 Å². The maximum atomic E-state index is 15.3. The summed E-state index contributed by atoms with van der Waals surface area (Å²) in [5.74, 6) is -0.650. The van der Waals surface area contributed by atoms with Crippen LogP contribution in [-0.4, -0.2) is 68.0 Å². The van der Waals surface area contributed by atoms with Gasteiger partial charge in [0.1, 0.15) is 17.0 Å². The largest absolute Gasteiger partial charge is 0.493 e. The maximum absolute atomic E-state index is 15.3. The summed E-state index contributed by atoms with van der Waals surface area (Å²) in [6.07, 6.45) is 4.03. The molecule has 1 aliphatic heterocycles. The van der Waals surface area contributed by atoms with Crippen molar-refractivity contribution in [1.29, 1.82) is 0 Å². The highest BCUT2D eigenvalue weighted by molar-refractivity contribution is 6.16. The monoisotopic (exact) mass is 673 g/mol. The van der Waals surface area contributed by atoms with Crippen LogP contribution in [0.3, 0.4) is 0 Å². The average molecular weight is 674 g/mol. The van der Waals surface area contributed by atoms with E-state index in [1.165, 1.54) is 43.5 Å². The van der Waals surface area contributed by atoms with E-state index in [4.69, 9.17) is 14.2 Å². The van der Waals surface area contributed by atoms with Gasteiger partial charge in [-0.1, -0.05) is 0 Å². The number of fused-ring (bicyclic) bond motifs is 1. The van der Waals surface area contributed by atoms with Crippen molar-refractivity contribution in [2.24, 2.45) is 11.3 Å². The van der Waals surface area contributed by atoms with E-state index in [0.29, 0.717) is 65.8 Å². The molecule has 13 heteroatoms. The molecule has 3 N–H and O–H groups in total. The number of anilines is 2. The first kappa shape index (κ1) is 33.6. The summed E-state index contributed by atoms with van der Waals surface area (Å²) in [7, 11) is 3.17. The van der Waals surface area contributed by atoms with Crippen molar-refractivity contribution in [3.63, 3.8) is 0 Å². The minimum absolute atomic E-state index is 0.00485. The number of carbonyl (C=O) groups excluding carboxylic acids is 3. The molecule has 1 aromatic heterocycles. The minimum Gasteiger partial charge on any atom is -0.493 e. The summed E-state index contributed by atoms with van der Waals surface area (Å²) in [5, 5.41) is 8.52. The Hall–Kier alpha value is -5.30. The third-order valence-electron chi connectivity index (χ3n) is 8.95. The fourth-order valence-corrected chi connectivity index (χ4v) is 5.79. The number of rotatable bonds is 12. The summed E-state index contributed by atoms with van der Waals surface area (Å²) >= 11 is 0. The summed E-state index contributed by atoms with van der Waals surface area (Å²) in [4.78, 5) is 44.2. The van der Waals surface area contributed by atoms with Crippen molar-refractivity contribution >= 4 is 40.0 Å². The molecule has 4 aromatic rings. The number of nitrogens with one attached hydrogen (secondary N) is 3. The summed E-state index contributed by atoms with van der Waals surface area (Å²) in [6, 6.07) is 14.4. The van der Waals surface area contributed by atoms with Crippen LogP contribution in [0.4, 0.5) is 20.2 Å². The number of ether oxygens (including phenoxy) is 3. The Bertz CT molecular complexity index is 1860. The van der Waals surface area contributed by atoms with Crippen LogP contribution in [0, 0.1) is 23.0 Å². The van der Waals surface area contributed by atoms with Crippen LogP contribution >= 0.6 is 0 Å². The molecular formula is C36H37F2N5O6. The van der Waals surface area contributed by atoms with Crippen molar-refractivity contribution in [3.05, 3.63) is 78.5 Å². The van der Waals surface area contributed by atoms with Crippen LogP contribution in [0.2, 0.25) is 0 Å². The number of likely N-dealkylation sites (tertiary alicyclic amines) is 1. The van der Waals surface area contributed by atoms with Gasteiger partial charge in [-0.3, -0.25) is 24.3 Å². The normalized spacial score (nSPS) is 15.7. The number of halogens is 2. The van der Waals surface area contributed by atoms with E-state index in [9.17, 15) is 18.8 Å². The fourth-order valence-electron chi connectivity index (χ4n) is 5.79. The van der Waals surface area contributed by atoms with Gasteiger partial charge in [0.2, 0.25) is 17.7 Å². The summed E-state index contributed by atoms with van der Waals surface area (Å²) in [5.41, 5.74) is -0.193. The first-order chi connectivity index (χ1) is 23.7. The standard InChI is InChI=1S/C36H37F2N5O6/c1-39-33(44)20-43-15-10-22(11-16-43)21-48-32-19-28-26(18-31(32)47-2)29(9-14-40-28)49-30-8-7-25(17-27(30)38)42-35(46)36(12-13-36)34(45)41-24-5-3-23(37)4-6-24/h3-9,14,17-19,22H,10-13,15-16,20-21H2,1-2H3,(H,39,44)(H,41,45)(H,42,46). The second-order valence-electron chi connectivity index (χ2n) is 12.3. The van der Waals surface area contributed by atoms with Gasteiger partial charge in [0.05, 0.1) is 25.8 Å². The number of piperidine rings is 1. The molecule has 0 spiro atoms. The molecule has 2 heterocycles. The molecule has 0 unspecified atom stereocenters. The zero-order valence-electron chi connectivity index (χ0n) is 27.2. The van der Waals surface area contributed by atoms with Gasteiger partial charge >= 0.3 is 0 Å². The lowest BCUT2D eigenvalue weighted by molar-refractivity contribution is -0.131. The van der Waals surface area contributed by atoms with E-state index in [1.807, 2.05) is 0 Å². The average Bonchev–Trinajstić information content (AvgIpc) is 3.92. The van der Waals surface area contributed by atoms with E-state index in [2.05, 4.69) is 25.8 Å². The number of aromatic nitrogens is 1. The number of nitrogens with zero attached hydrogens (tertiary/aromatic N) is 2. The lowest BCUT2D eigenvalue weighted by Crippen LogP contribution is -2.41. The molecule has 2 fully saturated rings. The molecule has 1 saturated carbocycles. The molecular weight excluding hydrogens is 636 g/mol. The molecule has 2 aliphatic rings. The molecule has 1 saturated heterocycles. The molecule has 3 aromatic carbocycles. The molecule has 6 rings (SSSR count). The third-order valence-corrected chi connectivity index (χ3v) is 8.95. The number of pyridine rings is 1. The molecule has 1 aliphatic carbocycles. The van der Waals surface area contributed by atoms with Gasteiger partial charge in [-0.2, -0.15) is 0 Å². The van der Waals surface area contributed by atoms with Gasteiger partial charge in [-0.25, -0.2) is 8.78 Å². The van der Waals surface area contributed by atoms with E-state index in [1.54, 1.807) is 31.4 Å². The molecule has 49 heavy (non-hydrogen) atoms. The number of amides is 3. The van der Waals surface area contributed by atoms with Gasteiger partial charge in [-0.05, 0) is 93.2 Å². The highest BCUT2D eigenvalue weighted by atomic mass is 19.1. The van der Waals surface area contributed by atoms with Crippen LogP contribution < -0.4 is 30.2 Å². The highest BCUT2D eigenvalue weighted by Crippen LogP contribution is 2.48. The lowest BCUT2D eigenvalue weighted by atomic mass is 9.98. The number of hydrogen-bond acceptors (Lipinski definition) is 8. The summed E-state index contributed by atoms with van der Waals surface area (Å²) < 4.78 is 46.3. The predicted molar refractivity (Wildman–Crippen MR) is 179 cm³/mol. The molecule has 11 nitrogen and oxygen atoms in total. The predicted octanol–water partition coefficient (Wildman–Crippen LogP) is 5.51. The maximum Gasteiger partial charge on any atom is 0.240 e. The van der Waals surface area contributed by atoms with Gasteiger partial charge in [-0.15, -0.1) is 0 Å². The summed E-state index contributed by atoms with van der Waals surface area (Å²) in [6.45, 7) is 2.52. The zero-order chi connectivity index (χ0) is 34.5. The molecule has 256 valence electrons. The second kappa shape index (κ2) is 14.4. The van der Waals surface area contributed by atoms with Gasteiger partial charge in [0.25, 0.3) is 0 Å². The van der Waals surface area contributed by atoms with Crippen molar-refractivity contribution in [2.75, 3.05) is 51.0 Å². The number of methoxy groups -OCH3 is 1. The van der Waals surface area contributed by atoms with E-state index in [0.717, 1.165) is 32.0 Å². The fraction of sp³-hybridized carbons (Fsp3) is 0.333. The van der Waals surface area contributed by atoms with Crippen molar-refractivity contribution in [2.45, 2.75) is 25.7 Å². The number of hydrogen-bond donors (Lipinski definition) is 3. The zero-order valence-corrected chi connectivity index (χ0v) is 27.2. The van der Waals surface area contributed by atoms with Gasteiger partial charge < -0.3 is 30.2 Å². The Morgan fingerprint density at radius 2 is 1.57 bits per heavy atom. The second-order valence-corrected chi connectivity index (χ2v) is 12.3. The van der Waals surface area contributed by atoms with Crippen LogP contribution in [0.15, 0.2) is 66.9 Å². The first-order valence-electron chi connectivity index (χ1n) is 16.1. The molecule has 0 atom stereocenters. The van der Waals surface area contributed by atoms with Crippen LogP contribution in [0.25, 0.3) is 10.9 Å². The Morgan fingerprint density at radius 3 is 2.22 bits per heavy atom. The Morgan fingerprint density at radius 1 is 0.878 bits per heavy atom. The number of carbonyl (C=O) groups is 3. The highest BCUT2D eigenvalue weighted by Gasteiger charge is 2.56. The Labute approximate surface area is 281 Å². The van der Waals surface area contributed by atoms with Crippen molar-refractivity contribution in [3.8, 4) is 23.0 Å². The van der Waals surface area contributed by atoms with Crippen molar-refractivity contribution < 1.29 is 37.4 Å². The SMILES string of the molecule is CNC(=O)CN1CCC(COc2cc3nccc(Oc4ccc(NC(=O)C5(C(=O)Nc6ccc(F)cc6)CC5)cc4F)c3cc2OC)CC1.